The maximum absolute atomic E-state index is 11.1. The molecule has 0 radical (unpaired) electrons. The van der Waals surface area contributed by atoms with Crippen LogP contribution in [0.3, 0.4) is 0 Å². The van der Waals surface area contributed by atoms with E-state index in [0.717, 1.165) is 12.1 Å². The van der Waals surface area contributed by atoms with Crippen molar-refractivity contribution in [2.24, 2.45) is 11.7 Å². The number of carboxylic acids is 1. The Morgan fingerprint density at radius 1 is 1.48 bits per heavy atom. The lowest BCUT2D eigenvalue weighted by Gasteiger charge is -2.23. The zero-order valence-corrected chi connectivity index (χ0v) is 11.6. The molecule has 9 heteroatoms. The van der Waals surface area contributed by atoms with Crippen molar-refractivity contribution in [1.82, 2.24) is 4.98 Å². The predicted octanol–water partition coefficient (Wildman–Crippen LogP) is 0.636. The number of anilines is 1. The van der Waals surface area contributed by atoms with Crippen molar-refractivity contribution in [3.63, 3.8) is 0 Å². The maximum Gasteiger partial charge on any atom is 0.354 e. The predicted molar refractivity (Wildman–Crippen MR) is 74.1 cm³/mol. The summed E-state index contributed by atoms with van der Waals surface area (Å²) in [5, 5.41) is 20.0. The van der Waals surface area contributed by atoms with Crippen LogP contribution in [0, 0.1) is 16.0 Å². The molecule has 21 heavy (non-hydrogen) atoms. The molecular formula is C12H16N4O5. The molecule has 0 bridgehead atoms. The average Bonchev–Trinajstić information content (AvgIpc) is 2.35. The number of carbonyl (C=O) groups is 2. The molecule has 0 aliphatic carbocycles. The van der Waals surface area contributed by atoms with Gasteiger partial charge in [-0.1, -0.05) is 13.8 Å². The van der Waals surface area contributed by atoms with E-state index in [1.165, 1.54) is 4.90 Å². The van der Waals surface area contributed by atoms with Crippen LogP contribution in [0.1, 0.15) is 24.3 Å². The Morgan fingerprint density at radius 2 is 2.10 bits per heavy atom. The second-order valence-corrected chi connectivity index (χ2v) is 4.84. The van der Waals surface area contributed by atoms with E-state index in [2.05, 4.69) is 4.98 Å². The van der Waals surface area contributed by atoms with E-state index < -0.39 is 16.8 Å². The van der Waals surface area contributed by atoms with Crippen LogP contribution in [0.5, 0.6) is 0 Å². The number of hydrogen-bond donors (Lipinski definition) is 2. The fourth-order valence-electron chi connectivity index (χ4n) is 1.79. The normalized spacial score (nSPS) is 10.4. The number of nitrogens with zero attached hydrogens (tertiary/aromatic N) is 3. The van der Waals surface area contributed by atoms with E-state index in [1.54, 1.807) is 0 Å². The standard InChI is InChI=1S/C12H16N4O5/c1-7(2)5-15(6-10(13)17)11-9(16(20)21)4-3-8(14-11)12(18)19/h3-4,7H,5-6H2,1-2H3,(H2,13,17)(H,18,19). The minimum absolute atomic E-state index is 0.0687. The molecule has 0 unspecified atom stereocenters. The van der Waals surface area contributed by atoms with E-state index in [4.69, 9.17) is 10.8 Å². The van der Waals surface area contributed by atoms with Gasteiger partial charge in [-0.05, 0) is 12.0 Å². The summed E-state index contributed by atoms with van der Waals surface area (Å²) in [6, 6.07) is 2.10. The molecule has 9 nitrogen and oxygen atoms in total. The van der Waals surface area contributed by atoms with Crippen molar-refractivity contribution >= 4 is 23.4 Å². The number of amides is 1. The molecule has 0 saturated heterocycles. The van der Waals surface area contributed by atoms with Gasteiger partial charge in [0.15, 0.2) is 5.69 Å². The molecule has 1 aromatic heterocycles. The molecule has 1 heterocycles. The first-order valence-electron chi connectivity index (χ1n) is 6.14. The molecule has 0 saturated carbocycles. The number of carboxylic acid groups (broad SMARTS) is 1. The minimum atomic E-state index is -1.31. The first kappa shape index (κ1) is 16.3. The lowest BCUT2D eigenvalue weighted by atomic mass is 10.2. The lowest BCUT2D eigenvalue weighted by Crippen LogP contribution is -2.37. The van der Waals surface area contributed by atoms with Gasteiger partial charge in [0.25, 0.3) is 0 Å². The molecule has 1 aromatic rings. The molecule has 0 spiro atoms. The molecule has 0 aromatic carbocycles. The topological polar surface area (TPSA) is 140 Å². The average molecular weight is 296 g/mol. The van der Waals surface area contributed by atoms with Gasteiger partial charge < -0.3 is 15.7 Å². The molecule has 1 rings (SSSR count). The van der Waals surface area contributed by atoms with Crippen LogP contribution in [0.15, 0.2) is 12.1 Å². The van der Waals surface area contributed by atoms with E-state index in [9.17, 15) is 19.7 Å². The Balaban J connectivity index is 3.36. The van der Waals surface area contributed by atoms with Crippen LogP contribution in [-0.2, 0) is 4.79 Å². The van der Waals surface area contributed by atoms with E-state index >= 15 is 0 Å². The van der Waals surface area contributed by atoms with Gasteiger partial charge in [-0.2, -0.15) is 0 Å². The highest BCUT2D eigenvalue weighted by Crippen LogP contribution is 2.26. The van der Waals surface area contributed by atoms with Crippen LogP contribution in [0.25, 0.3) is 0 Å². The molecule has 0 atom stereocenters. The number of rotatable bonds is 7. The Morgan fingerprint density at radius 3 is 2.52 bits per heavy atom. The molecule has 114 valence electrons. The second-order valence-electron chi connectivity index (χ2n) is 4.84. The lowest BCUT2D eigenvalue weighted by molar-refractivity contribution is -0.384. The molecule has 0 aliphatic heterocycles. The highest BCUT2D eigenvalue weighted by atomic mass is 16.6. The summed E-state index contributed by atoms with van der Waals surface area (Å²) in [6.45, 7) is 3.69. The van der Waals surface area contributed by atoms with Gasteiger partial charge in [-0.3, -0.25) is 14.9 Å². The molecule has 0 aliphatic rings. The number of hydrogen-bond acceptors (Lipinski definition) is 6. The summed E-state index contributed by atoms with van der Waals surface area (Å²) in [6.07, 6.45) is 0. The van der Waals surface area contributed by atoms with E-state index in [-0.39, 0.29) is 36.2 Å². The summed E-state index contributed by atoms with van der Waals surface area (Å²) in [5.41, 5.74) is 4.42. The first-order valence-corrected chi connectivity index (χ1v) is 6.14. The van der Waals surface area contributed by atoms with Crippen LogP contribution in [0.2, 0.25) is 0 Å². The van der Waals surface area contributed by atoms with Crippen LogP contribution in [-0.4, -0.2) is 40.0 Å². The summed E-state index contributed by atoms with van der Waals surface area (Å²) in [5.74, 6) is -2.10. The zero-order chi connectivity index (χ0) is 16.2. The van der Waals surface area contributed by atoms with E-state index in [0.29, 0.717) is 0 Å². The van der Waals surface area contributed by atoms with Crippen molar-refractivity contribution < 1.29 is 19.6 Å². The summed E-state index contributed by atoms with van der Waals surface area (Å²) >= 11 is 0. The third kappa shape index (κ3) is 4.41. The largest absolute Gasteiger partial charge is 0.477 e. The van der Waals surface area contributed by atoms with Gasteiger partial charge in [-0.15, -0.1) is 0 Å². The Labute approximate surface area is 120 Å². The number of carbonyl (C=O) groups excluding carboxylic acids is 1. The minimum Gasteiger partial charge on any atom is -0.477 e. The van der Waals surface area contributed by atoms with Crippen molar-refractivity contribution in [2.45, 2.75) is 13.8 Å². The van der Waals surface area contributed by atoms with Crippen molar-refractivity contribution in [3.05, 3.63) is 27.9 Å². The summed E-state index contributed by atoms with van der Waals surface area (Å²) in [4.78, 5) is 37.6. The van der Waals surface area contributed by atoms with Crippen LogP contribution in [0.4, 0.5) is 11.5 Å². The van der Waals surface area contributed by atoms with Crippen molar-refractivity contribution in [1.29, 1.82) is 0 Å². The van der Waals surface area contributed by atoms with Gasteiger partial charge >= 0.3 is 11.7 Å². The van der Waals surface area contributed by atoms with Crippen LogP contribution < -0.4 is 10.6 Å². The Bertz CT molecular complexity index is 573. The van der Waals surface area contributed by atoms with Crippen LogP contribution >= 0.6 is 0 Å². The fraction of sp³-hybridized carbons (Fsp3) is 0.417. The number of aromatic nitrogens is 1. The van der Waals surface area contributed by atoms with Crippen molar-refractivity contribution in [3.8, 4) is 0 Å². The Hall–Kier alpha value is -2.71. The Kier molecular flexibility index (Phi) is 5.17. The smallest absolute Gasteiger partial charge is 0.354 e. The third-order valence-electron chi connectivity index (χ3n) is 2.50. The number of primary amides is 1. The quantitative estimate of drug-likeness (QED) is 0.555. The SMILES string of the molecule is CC(C)CN(CC(N)=O)c1nc(C(=O)O)ccc1[N+](=O)[O-]. The number of aromatic carboxylic acids is 1. The second kappa shape index (κ2) is 6.64. The monoisotopic (exact) mass is 296 g/mol. The van der Waals surface area contributed by atoms with Gasteiger partial charge in [0, 0.05) is 12.6 Å². The first-order chi connectivity index (χ1) is 9.72. The van der Waals surface area contributed by atoms with Gasteiger partial charge in [0.2, 0.25) is 11.7 Å². The zero-order valence-electron chi connectivity index (χ0n) is 11.6. The van der Waals surface area contributed by atoms with Gasteiger partial charge in [0.05, 0.1) is 11.5 Å². The number of pyridine rings is 1. The molecule has 0 fully saturated rings. The van der Waals surface area contributed by atoms with E-state index in [1.807, 2.05) is 13.8 Å². The highest BCUT2D eigenvalue weighted by Gasteiger charge is 2.25. The summed E-state index contributed by atoms with van der Waals surface area (Å²) < 4.78 is 0. The third-order valence-corrected chi connectivity index (χ3v) is 2.50. The molecular weight excluding hydrogens is 280 g/mol. The summed E-state index contributed by atoms with van der Waals surface area (Å²) in [7, 11) is 0. The maximum atomic E-state index is 11.1. The number of nitrogens with two attached hydrogens (primary N) is 1. The number of nitro groups is 1. The fourth-order valence-corrected chi connectivity index (χ4v) is 1.79. The highest BCUT2D eigenvalue weighted by molar-refractivity contribution is 5.87. The molecule has 1 amide bonds. The van der Waals surface area contributed by atoms with Gasteiger partial charge in [-0.25, -0.2) is 9.78 Å². The molecule has 3 N–H and O–H groups in total. The van der Waals surface area contributed by atoms with Gasteiger partial charge in [0.1, 0.15) is 0 Å². The van der Waals surface area contributed by atoms with Crippen molar-refractivity contribution in [2.75, 3.05) is 18.0 Å².